The highest BCUT2D eigenvalue weighted by molar-refractivity contribution is 5.67. The molecule has 0 aromatic heterocycles. The molecule has 96 valence electrons. The van der Waals surface area contributed by atoms with Crippen molar-refractivity contribution >= 4 is 5.97 Å². The summed E-state index contributed by atoms with van der Waals surface area (Å²) in [5.41, 5.74) is 1.25. The van der Waals surface area contributed by atoms with Gasteiger partial charge in [-0.2, -0.15) is 0 Å². The number of carboxylic acid groups (broad SMARTS) is 1. The fourth-order valence-electron chi connectivity index (χ4n) is 2.06. The van der Waals surface area contributed by atoms with Gasteiger partial charge in [-0.25, -0.2) is 0 Å². The van der Waals surface area contributed by atoms with Crippen LogP contribution in [0.3, 0.4) is 0 Å². The van der Waals surface area contributed by atoms with Crippen molar-refractivity contribution in [3.05, 3.63) is 23.3 Å². The van der Waals surface area contributed by atoms with Crippen molar-refractivity contribution in [1.29, 1.82) is 0 Å². The van der Waals surface area contributed by atoms with E-state index in [1.54, 1.807) is 13.0 Å². The summed E-state index contributed by atoms with van der Waals surface area (Å²) in [5.74, 6) is -0.794. The first-order valence-corrected chi connectivity index (χ1v) is 5.97. The highest BCUT2D eigenvalue weighted by Crippen LogP contribution is 2.37. The van der Waals surface area contributed by atoms with Gasteiger partial charge in [-0.05, 0) is 37.3 Å². The molecule has 0 fully saturated rings. The molecule has 0 radical (unpaired) electrons. The Morgan fingerprint density at radius 1 is 1.41 bits per heavy atom. The second kappa shape index (κ2) is 4.65. The van der Waals surface area contributed by atoms with Gasteiger partial charge in [-0.15, -0.1) is 0 Å². The molecule has 0 amide bonds. The topological polar surface area (TPSA) is 57.5 Å². The van der Waals surface area contributed by atoms with Crippen molar-refractivity contribution in [2.24, 2.45) is 5.41 Å². The van der Waals surface area contributed by atoms with Gasteiger partial charge in [-0.3, -0.25) is 4.79 Å². The molecule has 1 atom stereocenters. The molecule has 1 aliphatic carbocycles. The summed E-state index contributed by atoms with van der Waals surface area (Å²) >= 11 is 0. The summed E-state index contributed by atoms with van der Waals surface area (Å²) in [6.07, 6.45) is 5.08. The monoisotopic (exact) mass is 238 g/mol. The number of carbonyl (C=O) groups is 1. The average molecular weight is 238 g/mol. The highest BCUT2D eigenvalue weighted by atomic mass is 16.4. The van der Waals surface area contributed by atoms with E-state index in [2.05, 4.69) is 20.8 Å². The van der Waals surface area contributed by atoms with Crippen molar-refractivity contribution < 1.29 is 15.0 Å². The summed E-state index contributed by atoms with van der Waals surface area (Å²) in [4.78, 5) is 10.6. The van der Waals surface area contributed by atoms with Crippen LogP contribution in [0.25, 0.3) is 0 Å². The maximum Gasteiger partial charge on any atom is 0.303 e. The molecule has 1 rings (SSSR count). The van der Waals surface area contributed by atoms with Crippen molar-refractivity contribution in [2.75, 3.05) is 0 Å². The molecule has 1 unspecified atom stereocenters. The van der Waals surface area contributed by atoms with Crippen molar-refractivity contribution in [1.82, 2.24) is 0 Å². The third kappa shape index (κ3) is 4.35. The van der Waals surface area contributed by atoms with Crippen LogP contribution in [0, 0.1) is 5.41 Å². The molecule has 0 saturated carbocycles. The number of rotatable bonds is 3. The quantitative estimate of drug-likeness (QED) is 0.743. The molecule has 0 bridgehead atoms. The summed E-state index contributed by atoms with van der Waals surface area (Å²) < 4.78 is 0. The van der Waals surface area contributed by atoms with Crippen LogP contribution in [-0.2, 0) is 4.79 Å². The molecular weight excluding hydrogens is 216 g/mol. The minimum atomic E-state index is -0.950. The Morgan fingerprint density at radius 2 is 2.00 bits per heavy atom. The number of aliphatic carboxylic acids is 1. The summed E-state index contributed by atoms with van der Waals surface area (Å²) in [6.45, 7) is 8.05. The Bertz CT molecular complexity index is 367. The standard InChI is InChI=1S/C14H22O3/c1-13(2,3)11-7-10(5-6-12(15)16)8-14(4,17)9-11/h8-9,17H,5-7H2,1-4H3,(H,15,16). The van der Waals surface area contributed by atoms with Crippen molar-refractivity contribution in [3.8, 4) is 0 Å². The van der Waals surface area contributed by atoms with E-state index in [1.165, 1.54) is 5.57 Å². The third-order valence-electron chi connectivity index (χ3n) is 3.00. The van der Waals surface area contributed by atoms with Gasteiger partial charge in [0.2, 0.25) is 0 Å². The predicted molar refractivity (Wildman–Crippen MR) is 67.7 cm³/mol. The third-order valence-corrected chi connectivity index (χ3v) is 3.00. The predicted octanol–water partition coefficient (Wildman–Crippen LogP) is 2.90. The van der Waals surface area contributed by atoms with Gasteiger partial charge < -0.3 is 10.2 Å². The average Bonchev–Trinajstić information content (AvgIpc) is 2.10. The molecule has 3 heteroatoms. The lowest BCUT2D eigenvalue weighted by atomic mass is 9.76. The molecule has 1 aliphatic rings. The molecule has 3 nitrogen and oxygen atoms in total. The van der Waals surface area contributed by atoms with E-state index in [4.69, 9.17) is 5.11 Å². The summed E-state index contributed by atoms with van der Waals surface area (Å²) in [5, 5.41) is 18.8. The van der Waals surface area contributed by atoms with Gasteiger partial charge in [0.25, 0.3) is 0 Å². The lowest BCUT2D eigenvalue weighted by Crippen LogP contribution is -2.26. The molecule has 0 aliphatic heterocycles. The SMILES string of the molecule is CC1(O)C=C(CCC(=O)O)CC(C(C)(C)C)=C1. The van der Waals surface area contributed by atoms with Gasteiger partial charge in [0.15, 0.2) is 0 Å². The van der Waals surface area contributed by atoms with E-state index in [1.807, 2.05) is 6.08 Å². The smallest absolute Gasteiger partial charge is 0.303 e. The van der Waals surface area contributed by atoms with Gasteiger partial charge in [-0.1, -0.05) is 31.9 Å². The molecule has 0 heterocycles. The molecule has 0 aromatic rings. The Labute approximate surface area is 103 Å². The van der Waals surface area contributed by atoms with Crippen molar-refractivity contribution in [3.63, 3.8) is 0 Å². The second-order valence-electron chi connectivity index (χ2n) is 6.02. The maximum absolute atomic E-state index is 10.6. The van der Waals surface area contributed by atoms with Crippen LogP contribution in [0.5, 0.6) is 0 Å². The van der Waals surface area contributed by atoms with E-state index in [0.717, 1.165) is 12.0 Å². The van der Waals surface area contributed by atoms with Crippen LogP contribution in [0.1, 0.15) is 47.0 Å². The normalized spacial score (nSPS) is 25.2. The van der Waals surface area contributed by atoms with Crippen LogP contribution in [-0.4, -0.2) is 21.8 Å². The van der Waals surface area contributed by atoms with E-state index >= 15 is 0 Å². The molecule has 0 spiro atoms. The number of allylic oxidation sites excluding steroid dienone is 2. The summed E-state index contributed by atoms with van der Waals surface area (Å²) in [6, 6.07) is 0. The number of aliphatic hydroxyl groups is 1. The first-order valence-electron chi connectivity index (χ1n) is 5.97. The largest absolute Gasteiger partial charge is 0.481 e. The Hall–Kier alpha value is -1.09. The van der Waals surface area contributed by atoms with Crippen LogP contribution >= 0.6 is 0 Å². The Morgan fingerprint density at radius 3 is 2.47 bits per heavy atom. The molecular formula is C14H22O3. The minimum Gasteiger partial charge on any atom is -0.481 e. The molecule has 17 heavy (non-hydrogen) atoms. The summed E-state index contributed by atoms with van der Waals surface area (Å²) in [7, 11) is 0. The van der Waals surface area contributed by atoms with E-state index in [0.29, 0.717) is 6.42 Å². The fraction of sp³-hybridized carbons (Fsp3) is 0.643. The number of hydrogen-bond acceptors (Lipinski definition) is 2. The number of hydrogen-bond donors (Lipinski definition) is 2. The number of carboxylic acids is 1. The lowest BCUT2D eigenvalue weighted by Gasteiger charge is -2.32. The molecule has 2 N–H and O–H groups in total. The Kier molecular flexibility index (Phi) is 3.82. The maximum atomic E-state index is 10.6. The van der Waals surface area contributed by atoms with Crippen molar-refractivity contribution in [2.45, 2.75) is 52.6 Å². The van der Waals surface area contributed by atoms with E-state index in [-0.39, 0.29) is 11.8 Å². The zero-order valence-electron chi connectivity index (χ0n) is 11.1. The van der Waals surface area contributed by atoms with Gasteiger partial charge >= 0.3 is 5.97 Å². The zero-order chi connectivity index (χ0) is 13.3. The van der Waals surface area contributed by atoms with Crippen LogP contribution in [0.15, 0.2) is 23.3 Å². The van der Waals surface area contributed by atoms with Gasteiger partial charge in [0.1, 0.15) is 0 Å². The van der Waals surface area contributed by atoms with Crippen LogP contribution in [0.4, 0.5) is 0 Å². The molecule has 0 aromatic carbocycles. The molecule has 0 saturated heterocycles. The first-order chi connectivity index (χ1) is 7.60. The lowest BCUT2D eigenvalue weighted by molar-refractivity contribution is -0.136. The Balaban J connectivity index is 2.84. The fourth-order valence-corrected chi connectivity index (χ4v) is 2.06. The zero-order valence-corrected chi connectivity index (χ0v) is 11.1. The van der Waals surface area contributed by atoms with Crippen LogP contribution < -0.4 is 0 Å². The van der Waals surface area contributed by atoms with E-state index < -0.39 is 11.6 Å². The van der Waals surface area contributed by atoms with E-state index in [9.17, 15) is 9.90 Å². The van der Waals surface area contributed by atoms with Gasteiger partial charge in [0, 0.05) is 6.42 Å². The first kappa shape index (κ1) is 14.0. The van der Waals surface area contributed by atoms with Gasteiger partial charge in [0.05, 0.1) is 5.60 Å². The minimum absolute atomic E-state index is 0.00667. The highest BCUT2D eigenvalue weighted by Gasteiger charge is 2.27. The second-order valence-corrected chi connectivity index (χ2v) is 6.02. The van der Waals surface area contributed by atoms with Crippen LogP contribution in [0.2, 0.25) is 0 Å².